The zero-order valence-corrected chi connectivity index (χ0v) is 12.7. The van der Waals surface area contributed by atoms with Crippen LogP contribution in [0.1, 0.15) is 24.1 Å². The van der Waals surface area contributed by atoms with Gasteiger partial charge in [0.15, 0.2) is 0 Å². The molecule has 0 saturated heterocycles. The second-order valence-corrected chi connectivity index (χ2v) is 5.80. The quantitative estimate of drug-likeness (QED) is 0.877. The van der Waals surface area contributed by atoms with Gasteiger partial charge in [0.25, 0.3) is 5.56 Å². The lowest BCUT2D eigenvalue weighted by atomic mass is 9.97. The van der Waals surface area contributed by atoms with Crippen molar-refractivity contribution in [2.24, 2.45) is 0 Å². The van der Waals surface area contributed by atoms with E-state index in [2.05, 4.69) is 22.4 Å². The highest BCUT2D eigenvalue weighted by Gasteiger charge is 2.22. The number of nitrogens with zero attached hydrogens (tertiary/aromatic N) is 2. The number of aromatic nitrogens is 2. The molecule has 2 aromatic rings. The summed E-state index contributed by atoms with van der Waals surface area (Å²) in [5.41, 5.74) is 2.15. The van der Waals surface area contributed by atoms with E-state index in [1.54, 1.807) is 0 Å². The first-order chi connectivity index (χ1) is 11.1. The molecule has 2 heterocycles. The summed E-state index contributed by atoms with van der Waals surface area (Å²) < 4.78 is 1.13. The van der Waals surface area contributed by atoms with Gasteiger partial charge in [-0.15, -0.1) is 0 Å². The Kier molecular flexibility index (Phi) is 4.41. The number of hydrogen-bond acceptors (Lipinski definition) is 4. The number of benzene rings is 1. The molecule has 1 atom stereocenters. The molecule has 0 saturated carbocycles. The number of carboxylic acids is 1. The van der Waals surface area contributed by atoms with Crippen molar-refractivity contribution in [2.45, 2.75) is 38.3 Å². The summed E-state index contributed by atoms with van der Waals surface area (Å²) in [4.78, 5) is 27.4. The van der Waals surface area contributed by atoms with E-state index in [9.17, 15) is 9.59 Å². The van der Waals surface area contributed by atoms with Crippen LogP contribution in [0.4, 0.5) is 5.69 Å². The molecule has 2 N–H and O–H groups in total. The number of fused-ring (bicyclic) bond motifs is 1. The second kappa shape index (κ2) is 6.64. The minimum atomic E-state index is -1.05. The molecule has 0 bridgehead atoms. The molecule has 0 spiro atoms. The Balaban J connectivity index is 1.72. The highest BCUT2D eigenvalue weighted by Crippen LogP contribution is 2.22. The van der Waals surface area contributed by atoms with Crippen LogP contribution >= 0.6 is 0 Å². The van der Waals surface area contributed by atoms with Gasteiger partial charge in [-0.1, -0.05) is 30.3 Å². The van der Waals surface area contributed by atoms with E-state index in [4.69, 9.17) is 5.11 Å². The number of carboxylic acid groups (broad SMARTS) is 1. The first-order valence-electron chi connectivity index (χ1n) is 7.74. The average molecular weight is 313 g/mol. The van der Waals surface area contributed by atoms with Crippen LogP contribution in [0.15, 0.2) is 41.5 Å². The SMILES string of the molecule is O=C(O)Cn1cnc2c(c1=O)NC(CCc1ccccc1)CC2. The number of aliphatic carboxylic acids is 1. The normalized spacial score (nSPS) is 16.4. The molecular weight excluding hydrogens is 294 g/mol. The van der Waals surface area contributed by atoms with E-state index in [0.717, 1.165) is 35.9 Å². The fraction of sp³-hybridized carbons (Fsp3) is 0.353. The average Bonchev–Trinajstić information content (AvgIpc) is 2.56. The minimum absolute atomic E-state index is 0.206. The smallest absolute Gasteiger partial charge is 0.323 e. The highest BCUT2D eigenvalue weighted by atomic mass is 16.4. The summed E-state index contributed by atoms with van der Waals surface area (Å²) in [6, 6.07) is 10.4. The Hall–Kier alpha value is -2.63. The fourth-order valence-electron chi connectivity index (χ4n) is 2.91. The third-order valence-corrected chi connectivity index (χ3v) is 4.12. The van der Waals surface area contributed by atoms with Gasteiger partial charge in [0.1, 0.15) is 12.2 Å². The summed E-state index contributed by atoms with van der Waals surface area (Å²) in [5.74, 6) is -1.05. The lowest BCUT2D eigenvalue weighted by Gasteiger charge is -2.26. The minimum Gasteiger partial charge on any atom is -0.480 e. The molecule has 23 heavy (non-hydrogen) atoms. The standard InChI is InChI=1S/C17H19N3O3/c21-15(22)10-20-11-18-14-9-8-13(19-16(14)17(20)23)7-6-12-4-2-1-3-5-12/h1-5,11,13,19H,6-10H2,(H,21,22). The van der Waals surface area contributed by atoms with E-state index in [-0.39, 0.29) is 18.1 Å². The number of anilines is 1. The molecule has 0 radical (unpaired) electrons. The van der Waals surface area contributed by atoms with Crippen molar-refractivity contribution in [3.63, 3.8) is 0 Å². The molecular formula is C17H19N3O3. The summed E-state index contributed by atoms with van der Waals surface area (Å²) in [7, 11) is 0. The molecule has 6 heteroatoms. The molecule has 120 valence electrons. The molecule has 6 nitrogen and oxygen atoms in total. The van der Waals surface area contributed by atoms with Gasteiger partial charge in [0, 0.05) is 6.04 Å². The van der Waals surface area contributed by atoms with Crippen LogP contribution in [0, 0.1) is 0 Å². The molecule has 1 aromatic carbocycles. The topological polar surface area (TPSA) is 84.2 Å². The van der Waals surface area contributed by atoms with E-state index in [1.165, 1.54) is 11.9 Å². The van der Waals surface area contributed by atoms with Crippen LogP contribution in [0.5, 0.6) is 0 Å². The van der Waals surface area contributed by atoms with Gasteiger partial charge in [-0.2, -0.15) is 0 Å². The van der Waals surface area contributed by atoms with Crippen LogP contribution in [0.3, 0.4) is 0 Å². The van der Waals surface area contributed by atoms with Crippen molar-refractivity contribution < 1.29 is 9.90 Å². The van der Waals surface area contributed by atoms with Crippen molar-refractivity contribution in [1.82, 2.24) is 9.55 Å². The molecule has 0 amide bonds. The molecule has 0 fully saturated rings. The number of aryl methyl sites for hydroxylation is 2. The Labute approximate surface area is 133 Å². The van der Waals surface area contributed by atoms with E-state index in [0.29, 0.717) is 5.69 Å². The largest absolute Gasteiger partial charge is 0.480 e. The third kappa shape index (κ3) is 3.59. The van der Waals surface area contributed by atoms with Gasteiger partial charge in [-0.25, -0.2) is 4.98 Å². The Morgan fingerprint density at radius 1 is 1.35 bits per heavy atom. The highest BCUT2D eigenvalue weighted by molar-refractivity contribution is 5.66. The lowest BCUT2D eigenvalue weighted by Crippen LogP contribution is -2.35. The van der Waals surface area contributed by atoms with Crippen LogP contribution in [-0.2, 0) is 24.2 Å². The fourth-order valence-corrected chi connectivity index (χ4v) is 2.91. The van der Waals surface area contributed by atoms with Crippen molar-refractivity contribution in [3.8, 4) is 0 Å². The van der Waals surface area contributed by atoms with Crippen LogP contribution in [0.25, 0.3) is 0 Å². The summed E-state index contributed by atoms with van der Waals surface area (Å²) in [6.45, 7) is -0.366. The van der Waals surface area contributed by atoms with Crippen molar-refractivity contribution >= 4 is 11.7 Å². The lowest BCUT2D eigenvalue weighted by molar-refractivity contribution is -0.137. The van der Waals surface area contributed by atoms with Crippen LogP contribution in [0.2, 0.25) is 0 Å². The van der Waals surface area contributed by atoms with Gasteiger partial charge in [0.2, 0.25) is 0 Å². The van der Waals surface area contributed by atoms with E-state index < -0.39 is 5.97 Å². The van der Waals surface area contributed by atoms with Gasteiger partial charge in [0.05, 0.1) is 12.0 Å². The Bertz CT molecular complexity index is 755. The molecule has 0 aliphatic carbocycles. The van der Waals surface area contributed by atoms with Gasteiger partial charge >= 0.3 is 5.97 Å². The monoisotopic (exact) mass is 313 g/mol. The molecule has 1 unspecified atom stereocenters. The van der Waals surface area contributed by atoms with Crippen molar-refractivity contribution in [2.75, 3.05) is 5.32 Å². The van der Waals surface area contributed by atoms with Crippen molar-refractivity contribution in [1.29, 1.82) is 0 Å². The molecule has 3 rings (SSSR count). The summed E-state index contributed by atoms with van der Waals surface area (Å²) in [6.07, 6.45) is 4.86. The van der Waals surface area contributed by atoms with Crippen LogP contribution < -0.4 is 10.9 Å². The van der Waals surface area contributed by atoms with E-state index >= 15 is 0 Å². The second-order valence-electron chi connectivity index (χ2n) is 5.80. The zero-order valence-electron chi connectivity index (χ0n) is 12.7. The summed E-state index contributed by atoms with van der Waals surface area (Å²) in [5, 5.41) is 12.1. The molecule has 1 aromatic heterocycles. The van der Waals surface area contributed by atoms with E-state index in [1.807, 2.05) is 18.2 Å². The van der Waals surface area contributed by atoms with Gasteiger partial charge in [-0.05, 0) is 31.2 Å². The number of hydrogen-bond donors (Lipinski definition) is 2. The van der Waals surface area contributed by atoms with Gasteiger partial charge in [-0.3, -0.25) is 14.2 Å². The predicted octanol–water partition coefficient (Wildman–Crippen LogP) is 1.69. The third-order valence-electron chi connectivity index (χ3n) is 4.12. The molecule has 1 aliphatic rings. The first kappa shape index (κ1) is 15.3. The Morgan fingerprint density at radius 2 is 2.13 bits per heavy atom. The molecule has 1 aliphatic heterocycles. The maximum atomic E-state index is 12.4. The Morgan fingerprint density at radius 3 is 2.87 bits per heavy atom. The number of carbonyl (C=O) groups is 1. The van der Waals surface area contributed by atoms with Crippen LogP contribution in [-0.4, -0.2) is 26.7 Å². The maximum absolute atomic E-state index is 12.4. The summed E-state index contributed by atoms with van der Waals surface area (Å²) >= 11 is 0. The maximum Gasteiger partial charge on any atom is 0.323 e. The predicted molar refractivity (Wildman–Crippen MR) is 86.6 cm³/mol. The first-order valence-corrected chi connectivity index (χ1v) is 7.74. The number of rotatable bonds is 5. The number of nitrogens with one attached hydrogen (secondary N) is 1. The van der Waals surface area contributed by atoms with Gasteiger partial charge < -0.3 is 10.4 Å². The van der Waals surface area contributed by atoms with Crippen molar-refractivity contribution in [3.05, 3.63) is 58.3 Å². The zero-order chi connectivity index (χ0) is 16.2.